The Morgan fingerprint density at radius 3 is 1.46 bits per heavy atom. The van der Waals surface area contributed by atoms with Crippen LogP contribution in [0.2, 0.25) is 0 Å². The van der Waals surface area contributed by atoms with Gasteiger partial charge in [0.25, 0.3) is 0 Å². The van der Waals surface area contributed by atoms with E-state index in [1.807, 2.05) is 27.7 Å². The molecule has 0 fully saturated rings. The van der Waals surface area contributed by atoms with Gasteiger partial charge in [0.2, 0.25) is 22.1 Å². The van der Waals surface area contributed by atoms with Crippen molar-refractivity contribution in [3.63, 3.8) is 0 Å². The molecule has 2 rings (SSSR count). The number of unbranched alkanes of at least 4 members (excludes halogenated alkanes) is 1. The van der Waals surface area contributed by atoms with Crippen molar-refractivity contribution >= 4 is 44.8 Å². The van der Waals surface area contributed by atoms with Crippen LogP contribution >= 0.6 is 22.7 Å². The second-order valence-electron chi connectivity index (χ2n) is 6.50. The topological polar surface area (TPSA) is 110 Å². The highest BCUT2D eigenvalue weighted by Gasteiger charge is 2.12. The van der Waals surface area contributed by atoms with Crippen molar-refractivity contribution in [2.45, 2.75) is 65.2 Å². The molecule has 0 aliphatic heterocycles. The van der Waals surface area contributed by atoms with E-state index in [1.165, 1.54) is 22.7 Å². The zero-order chi connectivity index (χ0) is 19.1. The Bertz CT molecular complexity index is 678. The summed E-state index contributed by atoms with van der Waals surface area (Å²) in [7, 11) is 0. The van der Waals surface area contributed by atoms with Gasteiger partial charge in [0.1, 0.15) is 10.0 Å². The van der Waals surface area contributed by atoms with Crippen LogP contribution in [0.4, 0.5) is 10.3 Å². The van der Waals surface area contributed by atoms with E-state index in [0.717, 1.165) is 10.0 Å². The van der Waals surface area contributed by atoms with Crippen molar-refractivity contribution in [2.75, 3.05) is 10.6 Å². The van der Waals surface area contributed by atoms with E-state index in [2.05, 4.69) is 31.0 Å². The molecule has 0 aromatic carbocycles. The Labute approximate surface area is 160 Å². The molecule has 0 bridgehead atoms. The van der Waals surface area contributed by atoms with Crippen LogP contribution in [0.1, 0.15) is 75.2 Å². The zero-order valence-corrected chi connectivity index (χ0v) is 17.0. The fourth-order valence-corrected chi connectivity index (χ4v) is 3.50. The summed E-state index contributed by atoms with van der Waals surface area (Å²) in [4.78, 5) is 23.8. The van der Waals surface area contributed by atoms with Gasteiger partial charge >= 0.3 is 0 Å². The maximum absolute atomic E-state index is 11.9. The fraction of sp³-hybridized carbons (Fsp3) is 0.625. The van der Waals surface area contributed by atoms with E-state index < -0.39 is 0 Å². The highest BCUT2D eigenvalue weighted by molar-refractivity contribution is 7.15. The Balaban J connectivity index is 1.64. The summed E-state index contributed by atoms with van der Waals surface area (Å²) in [6.07, 6.45) is 1.95. The van der Waals surface area contributed by atoms with Crippen molar-refractivity contribution in [2.24, 2.45) is 0 Å². The Morgan fingerprint density at radius 2 is 1.15 bits per heavy atom. The van der Waals surface area contributed by atoms with Crippen LogP contribution in [0.5, 0.6) is 0 Å². The number of carbonyl (C=O) groups is 2. The smallest absolute Gasteiger partial charge is 0.226 e. The predicted molar refractivity (Wildman–Crippen MR) is 104 cm³/mol. The number of hydrogen-bond acceptors (Lipinski definition) is 8. The molecule has 0 spiro atoms. The minimum atomic E-state index is -0.109. The second-order valence-corrected chi connectivity index (χ2v) is 8.52. The summed E-state index contributed by atoms with van der Waals surface area (Å²) >= 11 is 2.78. The van der Waals surface area contributed by atoms with E-state index in [1.54, 1.807) is 0 Å². The van der Waals surface area contributed by atoms with Gasteiger partial charge in [-0.3, -0.25) is 9.59 Å². The molecule has 2 heterocycles. The number of aromatic nitrogens is 4. The summed E-state index contributed by atoms with van der Waals surface area (Å²) in [5.41, 5.74) is 0. The van der Waals surface area contributed by atoms with Crippen molar-refractivity contribution in [3.8, 4) is 0 Å². The van der Waals surface area contributed by atoms with Gasteiger partial charge in [-0.15, -0.1) is 20.4 Å². The standard InChI is InChI=1S/C16H24N6O2S2/c1-9(2)13-19-21-15(25-13)17-11(23)7-5-6-8-12(24)18-16-22-20-14(26-16)10(3)4/h9-10H,5-8H2,1-4H3,(H,17,21,23)(H,18,22,24). The normalized spacial score (nSPS) is 11.2. The molecular weight excluding hydrogens is 372 g/mol. The Morgan fingerprint density at radius 1 is 0.769 bits per heavy atom. The number of anilines is 2. The van der Waals surface area contributed by atoms with Gasteiger partial charge in [-0.2, -0.15) is 0 Å². The lowest BCUT2D eigenvalue weighted by Crippen LogP contribution is -2.13. The van der Waals surface area contributed by atoms with E-state index in [9.17, 15) is 9.59 Å². The first-order chi connectivity index (χ1) is 12.3. The van der Waals surface area contributed by atoms with Crippen molar-refractivity contribution in [3.05, 3.63) is 10.0 Å². The molecule has 10 heteroatoms. The molecular formula is C16H24N6O2S2. The first-order valence-corrected chi connectivity index (χ1v) is 10.2. The van der Waals surface area contributed by atoms with E-state index >= 15 is 0 Å². The first-order valence-electron chi connectivity index (χ1n) is 8.61. The molecule has 0 saturated carbocycles. The molecule has 0 aliphatic carbocycles. The van der Waals surface area contributed by atoms with E-state index in [0.29, 0.717) is 47.8 Å². The van der Waals surface area contributed by atoms with Gasteiger partial charge < -0.3 is 10.6 Å². The van der Waals surface area contributed by atoms with Crippen LogP contribution in [-0.2, 0) is 9.59 Å². The summed E-state index contributed by atoms with van der Waals surface area (Å²) in [6.45, 7) is 8.12. The number of hydrogen-bond donors (Lipinski definition) is 2. The van der Waals surface area contributed by atoms with Crippen molar-refractivity contribution in [1.82, 2.24) is 20.4 Å². The number of nitrogens with zero attached hydrogens (tertiary/aromatic N) is 4. The number of rotatable bonds is 9. The Kier molecular flexibility index (Phi) is 7.58. The summed E-state index contributed by atoms with van der Waals surface area (Å²) in [6, 6.07) is 0. The molecule has 8 nitrogen and oxygen atoms in total. The minimum absolute atomic E-state index is 0.109. The quantitative estimate of drug-likeness (QED) is 0.624. The Hall–Kier alpha value is -1.94. The summed E-state index contributed by atoms with van der Waals surface area (Å²) in [5.74, 6) is 0.368. The maximum Gasteiger partial charge on any atom is 0.226 e. The molecule has 0 atom stereocenters. The zero-order valence-electron chi connectivity index (χ0n) is 15.4. The SMILES string of the molecule is CC(C)c1nnc(NC(=O)CCCCC(=O)Nc2nnc(C(C)C)s2)s1. The third-order valence-electron chi connectivity index (χ3n) is 3.42. The van der Waals surface area contributed by atoms with Crippen LogP contribution in [0.3, 0.4) is 0 Å². The largest absolute Gasteiger partial charge is 0.301 e. The highest BCUT2D eigenvalue weighted by Crippen LogP contribution is 2.23. The molecule has 2 N–H and O–H groups in total. The molecule has 2 aromatic heterocycles. The molecule has 0 saturated heterocycles. The van der Waals surface area contributed by atoms with E-state index in [4.69, 9.17) is 0 Å². The van der Waals surface area contributed by atoms with Crippen LogP contribution in [-0.4, -0.2) is 32.2 Å². The van der Waals surface area contributed by atoms with Crippen molar-refractivity contribution < 1.29 is 9.59 Å². The molecule has 0 radical (unpaired) electrons. The van der Waals surface area contributed by atoms with Crippen LogP contribution in [0.15, 0.2) is 0 Å². The van der Waals surface area contributed by atoms with Crippen LogP contribution < -0.4 is 10.6 Å². The third-order valence-corrected chi connectivity index (χ3v) is 5.70. The third kappa shape index (κ3) is 6.41. The van der Waals surface area contributed by atoms with Gasteiger partial charge in [-0.1, -0.05) is 50.4 Å². The number of carbonyl (C=O) groups excluding carboxylic acids is 2. The monoisotopic (exact) mass is 396 g/mol. The molecule has 2 amide bonds. The second kappa shape index (κ2) is 9.67. The molecule has 0 aliphatic rings. The maximum atomic E-state index is 11.9. The van der Waals surface area contributed by atoms with Gasteiger partial charge in [-0.05, 0) is 12.8 Å². The average Bonchev–Trinajstić information content (AvgIpc) is 3.21. The summed E-state index contributed by atoms with van der Waals surface area (Å²) < 4.78 is 0. The van der Waals surface area contributed by atoms with Gasteiger partial charge in [0, 0.05) is 24.7 Å². The average molecular weight is 397 g/mol. The van der Waals surface area contributed by atoms with Gasteiger partial charge in [0.05, 0.1) is 0 Å². The molecule has 142 valence electrons. The highest BCUT2D eigenvalue weighted by atomic mass is 32.1. The first kappa shape index (κ1) is 20.4. The number of amides is 2. The lowest BCUT2D eigenvalue weighted by atomic mass is 10.2. The van der Waals surface area contributed by atoms with Gasteiger partial charge in [-0.25, -0.2) is 0 Å². The summed E-state index contributed by atoms with van der Waals surface area (Å²) in [5, 5.41) is 24.3. The molecule has 26 heavy (non-hydrogen) atoms. The van der Waals surface area contributed by atoms with Crippen molar-refractivity contribution in [1.29, 1.82) is 0 Å². The van der Waals surface area contributed by atoms with Gasteiger partial charge in [0.15, 0.2) is 0 Å². The van der Waals surface area contributed by atoms with E-state index in [-0.39, 0.29) is 11.8 Å². The molecule has 2 aromatic rings. The lowest BCUT2D eigenvalue weighted by Gasteiger charge is -2.02. The lowest BCUT2D eigenvalue weighted by molar-refractivity contribution is -0.118. The fourth-order valence-electron chi connectivity index (χ4n) is 1.97. The molecule has 0 unspecified atom stereocenters. The van der Waals surface area contributed by atoms with Crippen LogP contribution in [0, 0.1) is 0 Å². The predicted octanol–water partition coefficient (Wildman–Crippen LogP) is 3.77. The van der Waals surface area contributed by atoms with Crippen LogP contribution in [0.25, 0.3) is 0 Å². The number of nitrogens with one attached hydrogen (secondary N) is 2. The minimum Gasteiger partial charge on any atom is -0.301 e.